The second kappa shape index (κ2) is 49.4. The van der Waals surface area contributed by atoms with E-state index in [1.54, 1.807) is 0 Å². The molecule has 0 N–H and O–H groups in total. The molecule has 1 unspecified atom stereocenters. The Bertz CT molecular complexity index is 1300. The first-order valence-electron chi connectivity index (χ1n) is 23.7. The normalized spacial score (nSPS) is 13.4. The van der Waals surface area contributed by atoms with Crippen LogP contribution in [0, 0.1) is 0 Å². The summed E-state index contributed by atoms with van der Waals surface area (Å²) in [5.41, 5.74) is 0. The standard InChI is InChI=1S/C55H86O5/c1-4-7-10-13-16-19-22-25-27-29-32-35-38-41-44-47-50-58-51-53(60-55(57)49-46-43-40-37-34-30-24-21-18-15-12-9-6-3)52-59-54(56)48-45-42-39-36-33-31-28-26-23-20-17-14-11-8-5-2/h7-12,16-21,25-28,30,33-34,36,42,45,53H,4-6,13-15,22-24,29,31-32,35,37-41,43-44,46-52H2,1-3H3/b10-7-,11-8-,12-9-,19-16-,20-17-,21-18-,27-25-,28-26-,34-30-,36-33-,45-42-. The van der Waals surface area contributed by atoms with Crippen LogP contribution < -0.4 is 0 Å². The van der Waals surface area contributed by atoms with Crippen LogP contribution in [0.15, 0.2) is 134 Å². The predicted molar refractivity (Wildman–Crippen MR) is 260 cm³/mol. The fourth-order valence-corrected chi connectivity index (χ4v) is 5.79. The van der Waals surface area contributed by atoms with Crippen molar-refractivity contribution in [1.82, 2.24) is 0 Å². The van der Waals surface area contributed by atoms with Gasteiger partial charge in [-0.2, -0.15) is 0 Å². The van der Waals surface area contributed by atoms with Gasteiger partial charge in [-0.25, -0.2) is 0 Å². The fraction of sp³-hybridized carbons (Fsp3) is 0.564. The number of hydrogen-bond donors (Lipinski definition) is 0. The minimum absolute atomic E-state index is 0.00441. The van der Waals surface area contributed by atoms with Crippen molar-refractivity contribution >= 4 is 11.9 Å². The molecule has 0 fully saturated rings. The Morgan fingerprint density at radius 1 is 0.383 bits per heavy atom. The van der Waals surface area contributed by atoms with Crippen molar-refractivity contribution in [2.24, 2.45) is 0 Å². The molecule has 0 heterocycles. The molecule has 0 rings (SSSR count). The number of allylic oxidation sites excluding steroid dienone is 21. The molecule has 336 valence electrons. The third-order valence-corrected chi connectivity index (χ3v) is 9.20. The highest BCUT2D eigenvalue weighted by Crippen LogP contribution is 2.10. The molecular weight excluding hydrogens is 741 g/mol. The second-order valence-corrected chi connectivity index (χ2v) is 14.9. The van der Waals surface area contributed by atoms with E-state index in [0.29, 0.717) is 13.0 Å². The fourth-order valence-electron chi connectivity index (χ4n) is 5.79. The summed E-state index contributed by atoms with van der Waals surface area (Å²) < 4.78 is 17.2. The number of carbonyl (C=O) groups excluding carboxylic acids is 2. The van der Waals surface area contributed by atoms with Crippen molar-refractivity contribution in [2.75, 3.05) is 19.8 Å². The van der Waals surface area contributed by atoms with Crippen LogP contribution >= 0.6 is 0 Å². The zero-order chi connectivity index (χ0) is 43.5. The lowest BCUT2D eigenvalue weighted by atomic mass is 10.1. The first kappa shape index (κ1) is 56.0. The van der Waals surface area contributed by atoms with Gasteiger partial charge in [-0.05, 0) is 109 Å². The lowest BCUT2D eigenvalue weighted by molar-refractivity contribution is -0.162. The molecular formula is C55H86O5. The molecule has 0 aliphatic carbocycles. The van der Waals surface area contributed by atoms with Crippen LogP contribution in [0.2, 0.25) is 0 Å². The Morgan fingerprint density at radius 2 is 0.750 bits per heavy atom. The second-order valence-electron chi connectivity index (χ2n) is 14.9. The van der Waals surface area contributed by atoms with E-state index in [-0.39, 0.29) is 31.6 Å². The van der Waals surface area contributed by atoms with E-state index in [9.17, 15) is 9.59 Å². The first-order valence-corrected chi connectivity index (χ1v) is 23.7. The first-order chi connectivity index (χ1) is 29.6. The van der Waals surface area contributed by atoms with Crippen molar-refractivity contribution in [2.45, 2.75) is 181 Å². The van der Waals surface area contributed by atoms with Gasteiger partial charge in [0.2, 0.25) is 0 Å². The monoisotopic (exact) mass is 827 g/mol. The van der Waals surface area contributed by atoms with Gasteiger partial charge >= 0.3 is 11.9 Å². The van der Waals surface area contributed by atoms with Gasteiger partial charge in [0.1, 0.15) is 6.61 Å². The van der Waals surface area contributed by atoms with Gasteiger partial charge < -0.3 is 14.2 Å². The van der Waals surface area contributed by atoms with Gasteiger partial charge in [0.05, 0.1) is 13.0 Å². The molecule has 5 heteroatoms. The molecule has 0 amide bonds. The van der Waals surface area contributed by atoms with E-state index in [1.165, 1.54) is 25.7 Å². The molecule has 5 nitrogen and oxygen atoms in total. The summed E-state index contributed by atoms with van der Waals surface area (Å²) in [6.45, 7) is 7.29. The van der Waals surface area contributed by atoms with Gasteiger partial charge in [0, 0.05) is 13.0 Å². The molecule has 0 aliphatic heterocycles. The van der Waals surface area contributed by atoms with E-state index in [2.05, 4.69) is 142 Å². The van der Waals surface area contributed by atoms with E-state index < -0.39 is 6.10 Å². The SMILES string of the molecule is CC/C=C\C/C=C\C/C=C\C/C=C\C/C=C\CC(=O)OCC(COCCCCCCCC/C=C\C/C=C\C/C=C\CC)OC(=O)CCCCC/C=C\C/C=C\C/C=C\CC. The van der Waals surface area contributed by atoms with Crippen molar-refractivity contribution in [1.29, 1.82) is 0 Å². The largest absolute Gasteiger partial charge is 0.461 e. The maximum absolute atomic E-state index is 12.7. The van der Waals surface area contributed by atoms with Gasteiger partial charge in [-0.1, -0.05) is 187 Å². The third-order valence-electron chi connectivity index (χ3n) is 9.20. The zero-order valence-electron chi connectivity index (χ0n) is 38.4. The van der Waals surface area contributed by atoms with Crippen LogP contribution in [0.1, 0.15) is 175 Å². The molecule has 0 saturated carbocycles. The van der Waals surface area contributed by atoms with Crippen LogP contribution in [-0.4, -0.2) is 37.9 Å². The number of carbonyl (C=O) groups is 2. The van der Waals surface area contributed by atoms with Crippen LogP contribution in [0.3, 0.4) is 0 Å². The topological polar surface area (TPSA) is 61.8 Å². The molecule has 0 aromatic rings. The van der Waals surface area contributed by atoms with Crippen molar-refractivity contribution in [3.63, 3.8) is 0 Å². The van der Waals surface area contributed by atoms with Crippen LogP contribution in [0.5, 0.6) is 0 Å². The van der Waals surface area contributed by atoms with Gasteiger partial charge in [-0.15, -0.1) is 0 Å². The van der Waals surface area contributed by atoms with E-state index in [1.807, 2.05) is 12.2 Å². The maximum Gasteiger partial charge on any atom is 0.309 e. The highest BCUT2D eigenvalue weighted by molar-refractivity contribution is 5.71. The molecule has 1 atom stereocenters. The summed E-state index contributed by atoms with van der Waals surface area (Å²) in [6, 6.07) is 0. The summed E-state index contributed by atoms with van der Waals surface area (Å²) in [6.07, 6.45) is 70.5. The van der Waals surface area contributed by atoms with Gasteiger partial charge in [0.25, 0.3) is 0 Å². The van der Waals surface area contributed by atoms with Crippen molar-refractivity contribution in [3.05, 3.63) is 134 Å². The van der Waals surface area contributed by atoms with Crippen LogP contribution in [0.25, 0.3) is 0 Å². The molecule has 0 saturated heterocycles. The highest BCUT2D eigenvalue weighted by atomic mass is 16.6. The van der Waals surface area contributed by atoms with Gasteiger partial charge in [-0.3, -0.25) is 9.59 Å². The average molecular weight is 827 g/mol. The lowest BCUT2D eigenvalue weighted by Crippen LogP contribution is -2.30. The molecule has 0 aliphatic rings. The minimum atomic E-state index is -0.607. The molecule has 0 bridgehead atoms. The smallest absolute Gasteiger partial charge is 0.309 e. The Hall–Kier alpha value is -3.96. The number of esters is 2. The van der Waals surface area contributed by atoms with Crippen molar-refractivity contribution < 1.29 is 23.8 Å². The number of ether oxygens (including phenoxy) is 3. The Balaban J connectivity index is 4.49. The summed E-state index contributed by atoms with van der Waals surface area (Å²) in [5.74, 6) is -0.599. The van der Waals surface area contributed by atoms with Crippen LogP contribution in [0.4, 0.5) is 0 Å². The molecule has 0 aromatic carbocycles. The Kier molecular flexibility index (Phi) is 46.1. The zero-order valence-corrected chi connectivity index (χ0v) is 38.4. The third kappa shape index (κ3) is 46.7. The minimum Gasteiger partial charge on any atom is -0.461 e. The van der Waals surface area contributed by atoms with Crippen molar-refractivity contribution in [3.8, 4) is 0 Å². The summed E-state index contributed by atoms with van der Waals surface area (Å²) >= 11 is 0. The molecule has 0 radical (unpaired) electrons. The predicted octanol–water partition coefficient (Wildman–Crippen LogP) is 16.0. The van der Waals surface area contributed by atoms with Gasteiger partial charge in [0.15, 0.2) is 6.10 Å². The van der Waals surface area contributed by atoms with E-state index >= 15 is 0 Å². The Morgan fingerprint density at radius 3 is 1.20 bits per heavy atom. The number of rotatable bonds is 41. The number of hydrogen-bond acceptors (Lipinski definition) is 5. The highest BCUT2D eigenvalue weighted by Gasteiger charge is 2.17. The Labute approximate surface area is 369 Å². The molecule has 0 aromatic heterocycles. The molecule has 60 heavy (non-hydrogen) atoms. The van der Waals surface area contributed by atoms with E-state index in [4.69, 9.17) is 14.2 Å². The molecule has 0 spiro atoms. The summed E-state index contributed by atoms with van der Waals surface area (Å²) in [5, 5.41) is 0. The van der Waals surface area contributed by atoms with E-state index in [0.717, 1.165) is 116 Å². The average Bonchev–Trinajstić information content (AvgIpc) is 3.25. The van der Waals surface area contributed by atoms with Crippen LogP contribution in [-0.2, 0) is 23.8 Å². The lowest BCUT2D eigenvalue weighted by Gasteiger charge is -2.18. The quantitative estimate of drug-likeness (QED) is 0.0349. The summed E-state index contributed by atoms with van der Waals surface area (Å²) in [7, 11) is 0. The number of unbranched alkanes of at least 4 members (excludes halogenated alkanes) is 9. The maximum atomic E-state index is 12.7. The summed E-state index contributed by atoms with van der Waals surface area (Å²) in [4.78, 5) is 25.2.